The molecule has 2 heterocycles. The molecule has 9 rings (SSSR count). The highest BCUT2D eigenvalue weighted by Crippen LogP contribution is 2.38. The summed E-state index contributed by atoms with van der Waals surface area (Å²) >= 11 is 25.1. The Balaban J connectivity index is 0.000000317. The van der Waals surface area contributed by atoms with Gasteiger partial charge in [0.05, 0.1) is 82.0 Å². The molecule has 0 saturated carbocycles. The summed E-state index contributed by atoms with van der Waals surface area (Å²) in [6.07, 6.45) is 2.61. The number of piperazine rings is 2. The van der Waals surface area contributed by atoms with Crippen LogP contribution in [-0.2, 0) is 23.4 Å². The van der Waals surface area contributed by atoms with E-state index in [1.807, 2.05) is 148 Å². The second kappa shape index (κ2) is 43.7. The molecule has 0 amide bonds. The summed E-state index contributed by atoms with van der Waals surface area (Å²) in [6, 6.07) is 63.9. The van der Waals surface area contributed by atoms with Crippen molar-refractivity contribution in [1.82, 2.24) is 15.1 Å². The van der Waals surface area contributed by atoms with Crippen LogP contribution in [0.3, 0.4) is 0 Å². The van der Waals surface area contributed by atoms with Gasteiger partial charge in [0.25, 0.3) is 10.1 Å². The molecule has 0 aliphatic carbocycles. The zero-order chi connectivity index (χ0) is 68.9. The van der Waals surface area contributed by atoms with E-state index in [9.17, 15) is 22.1 Å². The number of nitrogens with zero attached hydrogens (tertiary/aromatic N) is 7. The number of benzene rings is 7. The number of nitriles is 3. The third-order valence-corrected chi connectivity index (χ3v) is 16.6. The lowest BCUT2D eigenvalue weighted by Crippen LogP contribution is -2.49. The molecule has 2 fully saturated rings. The second-order valence-corrected chi connectivity index (χ2v) is 28.3. The van der Waals surface area contributed by atoms with Gasteiger partial charge in [-0.05, 0) is 114 Å². The highest BCUT2D eigenvalue weighted by Gasteiger charge is 2.31. The molecule has 0 aromatic heterocycles. The van der Waals surface area contributed by atoms with Gasteiger partial charge in [0, 0.05) is 91.4 Å². The molecule has 500 valence electrons. The molecule has 14 nitrogen and oxygen atoms in total. The summed E-state index contributed by atoms with van der Waals surface area (Å²) in [4.78, 5) is 9.55. The number of rotatable bonds is 16. The molecule has 2 N–H and O–H groups in total. The van der Waals surface area contributed by atoms with Crippen molar-refractivity contribution in [2.75, 3.05) is 101 Å². The van der Waals surface area contributed by atoms with E-state index in [1.54, 1.807) is 12.1 Å². The smallest absolute Gasteiger partial charge is 0.264 e. The van der Waals surface area contributed by atoms with Crippen molar-refractivity contribution in [1.29, 1.82) is 15.8 Å². The van der Waals surface area contributed by atoms with Gasteiger partial charge < -0.3 is 25.1 Å². The minimum absolute atomic E-state index is 0.0888. The summed E-state index contributed by atoms with van der Waals surface area (Å²) in [5.74, 6) is 0.809. The average molecular weight is 1400 g/mol. The predicted octanol–water partition coefficient (Wildman–Crippen LogP) is 16.5. The Morgan fingerprint density at radius 1 is 0.581 bits per heavy atom. The van der Waals surface area contributed by atoms with E-state index in [-0.39, 0.29) is 37.1 Å². The van der Waals surface area contributed by atoms with Crippen LogP contribution >= 0.6 is 57.1 Å². The summed E-state index contributed by atoms with van der Waals surface area (Å²) in [5, 5.41) is 40.7. The molecule has 21 heteroatoms. The maximum atomic E-state index is 10.7. The fraction of sp³-hybridized carbons (Fsp3) is 0.375. The zero-order valence-electron chi connectivity index (χ0n) is 54.6. The Bertz CT molecular complexity index is 3610. The van der Waals surface area contributed by atoms with E-state index in [2.05, 4.69) is 118 Å². The first-order chi connectivity index (χ1) is 44.3. The number of anilines is 2. The fourth-order valence-electron chi connectivity index (χ4n) is 9.79. The number of nitrogens with one attached hydrogen (secondary N) is 1. The molecule has 5 atom stereocenters. The van der Waals surface area contributed by atoms with E-state index in [0.29, 0.717) is 33.5 Å². The molecule has 93 heavy (non-hydrogen) atoms. The van der Waals surface area contributed by atoms with Gasteiger partial charge in [0.1, 0.15) is 0 Å². The van der Waals surface area contributed by atoms with Crippen molar-refractivity contribution < 1.29 is 26.1 Å². The van der Waals surface area contributed by atoms with Crippen LogP contribution in [0.2, 0.25) is 20.1 Å². The third kappa shape index (κ3) is 31.2. The number of aliphatic hydroxyl groups is 1. The highest BCUT2D eigenvalue weighted by molar-refractivity contribution is 8.13. The first kappa shape index (κ1) is 81.0. The minimum Gasteiger partial charge on any atom is -0.396 e. The molecule has 7 aromatic rings. The largest absolute Gasteiger partial charge is 0.396 e. The van der Waals surface area contributed by atoms with Crippen LogP contribution < -0.4 is 15.1 Å². The summed E-state index contributed by atoms with van der Waals surface area (Å²) in [7, 11) is -2.02. The number of hydrogen-bond donors (Lipinski definition) is 2. The van der Waals surface area contributed by atoms with Gasteiger partial charge in [0.15, 0.2) is 0 Å². The molecular formula is C72H89Cl5N8O6S2. The van der Waals surface area contributed by atoms with E-state index >= 15 is 0 Å². The van der Waals surface area contributed by atoms with Crippen molar-refractivity contribution in [3.8, 4) is 18.2 Å². The normalized spacial score (nSPS) is 15.3. The number of halogens is 5. The Labute approximate surface area is 579 Å². The van der Waals surface area contributed by atoms with Crippen molar-refractivity contribution in [3.05, 3.63) is 235 Å². The van der Waals surface area contributed by atoms with Gasteiger partial charge in [-0.1, -0.05) is 210 Å². The van der Waals surface area contributed by atoms with Gasteiger partial charge in [-0.25, -0.2) is 8.42 Å². The highest BCUT2D eigenvalue weighted by atomic mass is 35.7. The van der Waals surface area contributed by atoms with Crippen molar-refractivity contribution in [2.24, 2.45) is 0 Å². The van der Waals surface area contributed by atoms with E-state index in [0.717, 1.165) is 85.3 Å². The van der Waals surface area contributed by atoms with Crippen LogP contribution in [0, 0.1) is 34.0 Å². The summed E-state index contributed by atoms with van der Waals surface area (Å²) in [6.45, 7) is 24.9. The standard InChI is InChI=1S/C26H25Cl2N3.C17H15Cl2N3.C10H14O3S.C9H12O.C6H15N.C3H5N.CH3ClO2S/c1-19(21-5-3-2-4-6-21)17-30-13-14-31(25-12-7-20(16-29)15-24(25)28)26(18-30)22-8-10-23(27)11-9-22;18-14-4-2-13(3-5-14)17-11-21-7-8-22(17)16-6-1-12(10-20)9-15(16)19;1-9(8-13-14(2,11)12)10-6-4-3-5-7-10;1-8(7-10)9-5-3-2-4-6-9;1-4-7(5-2)6-3;1-2-3-4;1-5(2,3)4/h2-12,15,19,26H,13-14,17-18H2,1H3;1-6,9,17,21H,7-8,11H2;3-7,9H,8H2,1-2H3;2-6,8,10H,7H2,1H3;4-6H2,1-3H3;2H2,1H3;1H3/t19-,26?;;9-;8-;;;/m0.00.../s1. The number of hydrogen-bond acceptors (Lipinski definition) is 14. The van der Waals surface area contributed by atoms with Crippen LogP contribution in [0.15, 0.2) is 176 Å². The van der Waals surface area contributed by atoms with Gasteiger partial charge in [-0.3, -0.25) is 9.08 Å². The maximum Gasteiger partial charge on any atom is 0.264 e. The van der Waals surface area contributed by atoms with Crippen molar-refractivity contribution >= 4 is 87.6 Å². The lowest BCUT2D eigenvalue weighted by Gasteiger charge is -2.44. The van der Waals surface area contributed by atoms with Crippen LogP contribution in [0.4, 0.5) is 11.4 Å². The van der Waals surface area contributed by atoms with Crippen LogP contribution in [-0.4, -0.2) is 123 Å². The first-order valence-corrected chi connectivity index (χ1v) is 36.8. The molecular weight excluding hydrogens is 1310 g/mol. The Kier molecular flexibility index (Phi) is 38.0. The second-order valence-electron chi connectivity index (χ2n) is 22.0. The summed E-state index contributed by atoms with van der Waals surface area (Å²) < 4.78 is 45.0. The van der Waals surface area contributed by atoms with Crippen LogP contribution in [0.25, 0.3) is 0 Å². The fourth-order valence-corrected chi connectivity index (χ4v) is 11.1. The van der Waals surface area contributed by atoms with E-state index in [1.165, 1.54) is 41.9 Å². The first-order valence-electron chi connectivity index (χ1n) is 30.8. The molecule has 2 aliphatic heterocycles. The zero-order valence-corrected chi connectivity index (χ0v) is 60.1. The minimum atomic E-state index is -3.33. The molecule has 0 spiro atoms. The molecule has 0 bridgehead atoms. The van der Waals surface area contributed by atoms with Gasteiger partial charge in [0.2, 0.25) is 9.05 Å². The van der Waals surface area contributed by atoms with Crippen molar-refractivity contribution in [3.63, 3.8) is 0 Å². The molecule has 0 radical (unpaired) electrons. The van der Waals surface area contributed by atoms with Crippen LogP contribution in [0.5, 0.6) is 0 Å². The number of aliphatic hydroxyl groups excluding tert-OH is 1. The molecule has 2 saturated heterocycles. The predicted molar refractivity (Wildman–Crippen MR) is 387 cm³/mol. The van der Waals surface area contributed by atoms with Gasteiger partial charge in [-0.2, -0.15) is 24.2 Å². The van der Waals surface area contributed by atoms with Gasteiger partial charge >= 0.3 is 0 Å². The topological polar surface area (TPSA) is 194 Å². The SMILES string of the molecule is CCC#N.CCN(CC)CC.CS(=O)(=O)Cl.C[C@@H](CN1CCN(c2ccc(C#N)cc2Cl)C(c2ccc(Cl)cc2)C1)c1ccccc1.C[C@@H](CO)c1ccccc1.C[C@@H](COS(C)(=O)=O)c1ccccc1.N#Cc1ccc(N2CCNCC2c2ccc(Cl)cc2)c(Cl)c1. The van der Waals surface area contributed by atoms with E-state index in [4.69, 9.17) is 66.2 Å². The monoisotopic (exact) mass is 1400 g/mol. The van der Waals surface area contributed by atoms with E-state index < -0.39 is 19.2 Å². The summed E-state index contributed by atoms with van der Waals surface area (Å²) in [5.41, 5.74) is 9.13. The van der Waals surface area contributed by atoms with Crippen LogP contribution in [0.1, 0.15) is 124 Å². The lowest BCUT2D eigenvalue weighted by molar-refractivity contribution is 0.214. The Morgan fingerprint density at radius 3 is 1.34 bits per heavy atom. The molecule has 2 unspecified atom stereocenters. The third-order valence-electron chi connectivity index (χ3n) is 14.9. The van der Waals surface area contributed by atoms with Crippen molar-refractivity contribution in [2.45, 2.75) is 84.7 Å². The molecule has 7 aromatic carbocycles. The molecule has 2 aliphatic rings. The van der Waals surface area contributed by atoms with Gasteiger partial charge in [-0.15, -0.1) is 0 Å². The Morgan fingerprint density at radius 2 is 0.978 bits per heavy atom. The average Bonchev–Trinajstić information content (AvgIpc) is 0.835. The quantitative estimate of drug-likeness (QED) is 0.0685. The Hall–Kier alpha value is -6.24. The lowest BCUT2D eigenvalue weighted by atomic mass is 9.97. The maximum absolute atomic E-state index is 10.7.